The molecule has 2 aromatic heterocycles. The lowest BCUT2D eigenvalue weighted by Crippen LogP contribution is -2.42. The predicted molar refractivity (Wildman–Crippen MR) is 130 cm³/mol. The summed E-state index contributed by atoms with van der Waals surface area (Å²) in [6.07, 6.45) is 2.99. The second kappa shape index (κ2) is 9.89. The highest BCUT2D eigenvalue weighted by Gasteiger charge is 2.28. The van der Waals surface area contributed by atoms with Crippen molar-refractivity contribution in [3.63, 3.8) is 0 Å². The minimum Gasteiger partial charge on any atom is -0.383 e. The highest BCUT2D eigenvalue weighted by molar-refractivity contribution is 6.07. The number of nitrogens with zero attached hydrogens (tertiary/aromatic N) is 4. The number of unbranched alkanes of at least 4 members (excludes halogenated alkanes) is 1. The molecule has 0 spiro atoms. The van der Waals surface area contributed by atoms with E-state index < -0.39 is 11.2 Å². The number of H-pyrrole nitrogens is 1. The lowest BCUT2D eigenvalue weighted by molar-refractivity contribution is 0.0985. The fraction of sp³-hybridized carbons (Fsp3) is 0.417. The first-order chi connectivity index (χ1) is 15.7. The molecule has 1 amide bonds. The smallest absolute Gasteiger partial charge is 0.330 e. The van der Waals surface area contributed by atoms with Crippen LogP contribution in [0.25, 0.3) is 5.69 Å². The van der Waals surface area contributed by atoms with Crippen molar-refractivity contribution in [1.29, 1.82) is 0 Å². The van der Waals surface area contributed by atoms with Gasteiger partial charge in [-0.15, -0.1) is 0 Å². The molecule has 0 aliphatic rings. The summed E-state index contributed by atoms with van der Waals surface area (Å²) in [6.45, 7) is 10.3. The maximum atomic E-state index is 13.7. The standard InChI is InChI=1S/C24H32N6O3/c1-6-7-12-28(20-21(25)29(14-15(2)3)24(33)27-22(20)31)23(32)18-13-26-30(17(18)5)19-11-9-8-10-16(19)4/h8-11,13,15H,6-7,12,14,25H2,1-5H3,(H,27,31,33). The number of hydrogen-bond donors (Lipinski definition) is 2. The third-order valence-corrected chi connectivity index (χ3v) is 5.60. The number of anilines is 2. The van der Waals surface area contributed by atoms with Crippen LogP contribution in [0.15, 0.2) is 40.1 Å². The second-order valence-electron chi connectivity index (χ2n) is 8.65. The van der Waals surface area contributed by atoms with Gasteiger partial charge in [-0.1, -0.05) is 45.4 Å². The Hall–Kier alpha value is -3.62. The van der Waals surface area contributed by atoms with Crippen LogP contribution in [0.5, 0.6) is 0 Å². The van der Waals surface area contributed by atoms with Crippen LogP contribution in [-0.2, 0) is 6.54 Å². The molecule has 0 saturated heterocycles. The van der Waals surface area contributed by atoms with Crippen LogP contribution in [0.1, 0.15) is 55.2 Å². The van der Waals surface area contributed by atoms with Gasteiger partial charge in [0.05, 0.1) is 23.1 Å². The Morgan fingerprint density at radius 2 is 1.91 bits per heavy atom. The first kappa shape index (κ1) is 24.0. The summed E-state index contributed by atoms with van der Waals surface area (Å²) in [5.41, 5.74) is 7.96. The Balaban J connectivity index is 2.12. The first-order valence-electron chi connectivity index (χ1n) is 11.2. The third-order valence-electron chi connectivity index (χ3n) is 5.60. The third kappa shape index (κ3) is 4.76. The number of aromatic nitrogens is 4. The van der Waals surface area contributed by atoms with E-state index in [0.717, 1.165) is 17.7 Å². The van der Waals surface area contributed by atoms with Gasteiger partial charge >= 0.3 is 5.69 Å². The molecule has 33 heavy (non-hydrogen) atoms. The molecule has 1 aromatic carbocycles. The zero-order chi connectivity index (χ0) is 24.3. The zero-order valence-corrected chi connectivity index (χ0v) is 19.9. The Bertz CT molecular complexity index is 1270. The minimum absolute atomic E-state index is 0.00302. The zero-order valence-electron chi connectivity index (χ0n) is 19.9. The van der Waals surface area contributed by atoms with E-state index in [0.29, 0.717) is 24.2 Å². The molecular formula is C24H32N6O3. The summed E-state index contributed by atoms with van der Waals surface area (Å²) in [7, 11) is 0. The van der Waals surface area contributed by atoms with Gasteiger partial charge < -0.3 is 10.6 Å². The van der Waals surface area contributed by atoms with Gasteiger partial charge in [0.15, 0.2) is 5.69 Å². The quantitative estimate of drug-likeness (QED) is 0.544. The molecule has 176 valence electrons. The molecule has 0 atom stereocenters. The first-order valence-corrected chi connectivity index (χ1v) is 11.2. The number of benzene rings is 1. The van der Waals surface area contributed by atoms with Crippen molar-refractivity contribution >= 4 is 17.4 Å². The molecule has 0 bridgehead atoms. The topological polar surface area (TPSA) is 119 Å². The number of para-hydroxylation sites is 1. The van der Waals surface area contributed by atoms with Crippen molar-refractivity contribution in [2.24, 2.45) is 5.92 Å². The Kier molecular flexibility index (Phi) is 7.20. The molecule has 3 N–H and O–H groups in total. The summed E-state index contributed by atoms with van der Waals surface area (Å²) in [4.78, 5) is 42.6. The molecular weight excluding hydrogens is 420 g/mol. The van der Waals surface area contributed by atoms with E-state index in [2.05, 4.69) is 10.1 Å². The van der Waals surface area contributed by atoms with Crippen molar-refractivity contribution in [1.82, 2.24) is 19.3 Å². The van der Waals surface area contributed by atoms with Crippen molar-refractivity contribution in [2.45, 2.75) is 54.0 Å². The maximum Gasteiger partial charge on any atom is 0.330 e. The number of hydrogen-bond acceptors (Lipinski definition) is 5. The van der Waals surface area contributed by atoms with Gasteiger partial charge in [0.2, 0.25) is 0 Å². The number of nitrogens with one attached hydrogen (secondary N) is 1. The molecule has 0 radical (unpaired) electrons. The number of carbonyl (C=O) groups excluding carboxylic acids is 1. The van der Waals surface area contributed by atoms with Gasteiger partial charge in [0.1, 0.15) is 5.82 Å². The van der Waals surface area contributed by atoms with E-state index in [1.54, 1.807) is 4.68 Å². The Morgan fingerprint density at radius 3 is 2.55 bits per heavy atom. The summed E-state index contributed by atoms with van der Waals surface area (Å²) >= 11 is 0. The summed E-state index contributed by atoms with van der Waals surface area (Å²) in [5.74, 6) is -0.267. The molecule has 9 nitrogen and oxygen atoms in total. The van der Waals surface area contributed by atoms with Crippen molar-refractivity contribution in [2.75, 3.05) is 17.2 Å². The number of nitrogen functional groups attached to an aromatic ring is 1. The van der Waals surface area contributed by atoms with E-state index in [1.165, 1.54) is 15.7 Å². The van der Waals surface area contributed by atoms with E-state index in [9.17, 15) is 14.4 Å². The van der Waals surface area contributed by atoms with E-state index in [4.69, 9.17) is 5.73 Å². The van der Waals surface area contributed by atoms with Crippen LogP contribution in [0.3, 0.4) is 0 Å². The molecule has 0 aliphatic heterocycles. The van der Waals surface area contributed by atoms with Crippen LogP contribution in [0.4, 0.5) is 11.5 Å². The number of nitrogens with two attached hydrogens (primary N) is 1. The van der Waals surface area contributed by atoms with Gasteiger partial charge in [-0.3, -0.25) is 19.1 Å². The van der Waals surface area contributed by atoms with Crippen LogP contribution in [-0.4, -0.2) is 31.8 Å². The van der Waals surface area contributed by atoms with Crippen LogP contribution in [0.2, 0.25) is 0 Å². The number of rotatable bonds is 8. The number of amides is 1. The summed E-state index contributed by atoms with van der Waals surface area (Å²) in [6, 6.07) is 7.76. The fourth-order valence-electron chi connectivity index (χ4n) is 3.82. The lowest BCUT2D eigenvalue weighted by atomic mass is 10.1. The van der Waals surface area contributed by atoms with Gasteiger partial charge in [-0.2, -0.15) is 5.10 Å². The van der Waals surface area contributed by atoms with E-state index >= 15 is 0 Å². The van der Waals surface area contributed by atoms with Gasteiger partial charge in [-0.25, -0.2) is 9.48 Å². The highest BCUT2D eigenvalue weighted by Crippen LogP contribution is 2.24. The molecule has 3 aromatic rings. The number of aromatic amines is 1. The van der Waals surface area contributed by atoms with Gasteiger partial charge in [0.25, 0.3) is 11.5 Å². The Labute approximate surface area is 192 Å². The number of aryl methyl sites for hydroxylation is 1. The second-order valence-corrected chi connectivity index (χ2v) is 8.65. The average molecular weight is 453 g/mol. The predicted octanol–water partition coefficient (Wildman–Crippen LogP) is 3.02. The monoisotopic (exact) mass is 452 g/mol. The fourth-order valence-corrected chi connectivity index (χ4v) is 3.82. The average Bonchev–Trinajstić information content (AvgIpc) is 3.14. The molecule has 2 heterocycles. The molecule has 3 rings (SSSR count). The Morgan fingerprint density at radius 1 is 1.21 bits per heavy atom. The molecule has 0 fully saturated rings. The van der Waals surface area contributed by atoms with E-state index in [1.807, 2.05) is 58.9 Å². The molecule has 0 saturated carbocycles. The largest absolute Gasteiger partial charge is 0.383 e. The van der Waals surface area contributed by atoms with Gasteiger partial charge in [0, 0.05) is 13.1 Å². The van der Waals surface area contributed by atoms with Crippen LogP contribution in [0, 0.1) is 19.8 Å². The minimum atomic E-state index is -0.675. The van der Waals surface area contributed by atoms with Crippen LogP contribution >= 0.6 is 0 Å². The summed E-state index contributed by atoms with van der Waals surface area (Å²) in [5, 5.41) is 4.44. The van der Waals surface area contributed by atoms with Crippen LogP contribution < -0.4 is 21.9 Å². The maximum absolute atomic E-state index is 13.7. The van der Waals surface area contributed by atoms with E-state index in [-0.39, 0.29) is 29.9 Å². The lowest BCUT2D eigenvalue weighted by Gasteiger charge is -2.25. The van der Waals surface area contributed by atoms with Crippen molar-refractivity contribution in [3.8, 4) is 5.69 Å². The summed E-state index contributed by atoms with van der Waals surface area (Å²) < 4.78 is 3.03. The van der Waals surface area contributed by atoms with Crippen molar-refractivity contribution < 1.29 is 4.79 Å². The normalized spacial score (nSPS) is 11.2. The van der Waals surface area contributed by atoms with Crippen molar-refractivity contribution in [3.05, 3.63) is 68.1 Å². The van der Waals surface area contributed by atoms with Gasteiger partial charge in [-0.05, 0) is 37.8 Å². The highest BCUT2D eigenvalue weighted by atomic mass is 16.2. The number of carbonyl (C=O) groups is 1. The molecule has 0 aliphatic carbocycles. The molecule has 9 heteroatoms. The molecule has 0 unspecified atom stereocenters. The SMILES string of the molecule is CCCCN(C(=O)c1cnn(-c2ccccc2C)c1C)c1c(N)n(CC(C)C)c(=O)[nH]c1=O.